The average molecular weight is 285 g/mol. The lowest BCUT2D eigenvalue weighted by Crippen LogP contribution is -2.26. The normalized spacial score (nSPS) is 16.8. The zero-order chi connectivity index (χ0) is 13.8. The van der Waals surface area contributed by atoms with Gasteiger partial charge in [-0.25, -0.2) is 10.9 Å². The van der Waals surface area contributed by atoms with E-state index in [4.69, 9.17) is 10.5 Å². The standard InChI is InChI=1S/C17H19NOS/c18-12-15(20-10-3-4-11-20)13-19-17-9-5-7-14-6-1-2-8-16(14)17/h1-11,15,20H,12-13,18H2. The molecular formula is C17H19NOS. The third-order valence-corrected chi connectivity index (χ3v) is 5.74. The minimum absolute atomic E-state index is 0.259. The molecule has 2 aromatic carbocycles. The van der Waals surface area contributed by atoms with Crippen molar-refractivity contribution < 1.29 is 4.74 Å². The summed E-state index contributed by atoms with van der Waals surface area (Å²) in [6.07, 6.45) is 4.21. The fraction of sp³-hybridized carbons (Fsp3) is 0.176. The van der Waals surface area contributed by atoms with E-state index in [2.05, 4.69) is 41.2 Å². The molecule has 0 saturated carbocycles. The molecule has 20 heavy (non-hydrogen) atoms. The van der Waals surface area contributed by atoms with Gasteiger partial charge in [-0.2, -0.15) is 0 Å². The number of thiol groups is 1. The summed E-state index contributed by atoms with van der Waals surface area (Å²) in [5.41, 5.74) is 5.90. The monoisotopic (exact) mass is 285 g/mol. The van der Waals surface area contributed by atoms with Crippen molar-refractivity contribution in [2.24, 2.45) is 5.73 Å². The molecule has 2 aromatic rings. The second-order valence-corrected chi connectivity index (χ2v) is 7.03. The summed E-state index contributed by atoms with van der Waals surface area (Å²) in [6, 6.07) is 14.5. The zero-order valence-electron chi connectivity index (χ0n) is 11.3. The van der Waals surface area contributed by atoms with Crippen LogP contribution < -0.4 is 10.5 Å². The number of rotatable bonds is 5. The van der Waals surface area contributed by atoms with Gasteiger partial charge in [0.15, 0.2) is 0 Å². The number of fused-ring (bicyclic) bond motifs is 1. The molecule has 0 saturated heterocycles. The highest BCUT2D eigenvalue weighted by molar-refractivity contribution is 8.22. The largest absolute Gasteiger partial charge is 0.492 e. The Kier molecular flexibility index (Phi) is 4.09. The van der Waals surface area contributed by atoms with Crippen LogP contribution in [0, 0.1) is 0 Å². The van der Waals surface area contributed by atoms with Gasteiger partial charge in [0.1, 0.15) is 12.4 Å². The maximum absolute atomic E-state index is 6.05. The predicted molar refractivity (Wildman–Crippen MR) is 89.6 cm³/mol. The lowest BCUT2D eigenvalue weighted by Gasteiger charge is -2.23. The topological polar surface area (TPSA) is 35.2 Å². The van der Waals surface area contributed by atoms with E-state index >= 15 is 0 Å². The molecule has 1 unspecified atom stereocenters. The molecule has 2 nitrogen and oxygen atoms in total. The smallest absolute Gasteiger partial charge is 0.127 e. The molecule has 1 aliphatic rings. The molecule has 0 amide bonds. The van der Waals surface area contributed by atoms with Crippen molar-refractivity contribution in [1.82, 2.24) is 0 Å². The maximum atomic E-state index is 6.05. The lowest BCUT2D eigenvalue weighted by molar-refractivity contribution is 0.322. The Labute approximate surface area is 122 Å². The Morgan fingerprint density at radius 1 is 1.00 bits per heavy atom. The van der Waals surface area contributed by atoms with Gasteiger partial charge < -0.3 is 10.5 Å². The van der Waals surface area contributed by atoms with Crippen molar-refractivity contribution in [3.05, 3.63) is 65.4 Å². The predicted octanol–water partition coefficient (Wildman–Crippen LogP) is 3.59. The van der Waals surface area contributed by atoms with Crippen molar-refractivity contribution in [1.29, 1.82) is 0 Å². The van der Waals surface area contributed by atoms with Crippen LogP contribution in [0.2, 0.25) is 0 Å². The number of allylic oxidation sites excluding steroid dienone is 2. The van der Waals surface area contributed by atoms with Gasteiger partial charge in [0, 0.05) is 17.2 Å². The van der Waals surface area contributed by atoms with E-state index in [0.29, 0.717) is 18.4 Å². The SMILES string of the molecule is NCC(COc1cccc2ccccc12)[SH]1C=CC=C1. The fourth-order valence-corrected chi connectivity index (χ4v) is 4.05. The first kappa shape index (κ1) is 13.3. The summed E-state index contributed by atoms with van der Waals surface area (Å²) in [4.78, 5) is 0. The summed E-state index contributed by atoms with van der Waals surface area (Å²) in [5.74, 6) is 0.948. The Bertz CT molecular complexity index is 633. The van der Waals surface area contributed by atoms with Crippen LogP contribution in [-0.4, -0.2) is 18.4 Å². The van der Waals surface area contributed by atoms with E-state index in [1.165, 1.54) is 5.39 Å². The molecule has 3 heteroatoms. The van der Waals surface area contributed by atoms with Gasteiger partial charge in [-0.1, -0.05) is 48.6 Å². The summed E-state index contributed by atoms with van der Waals surface area (Å²) in [5, 5.41) is 7.26. The second kappa shape index (κ2) is 6.16. The number of ether oxygens (including phenoxy) is 1. The van der Waals surface area contributed by atoms with Crippen LogP contribution in [0.3, 0.4) is 0 Å². The van der Waals surface area contributed by atoms with Crippen molar-refractivity contribution in [3.63, 3.8) is 0 Å². The highest BCUT2D eigenvalue weighted by Gasteiger charge is 2.15. The molecule has 3 rings (SSSR count). The number of nitrogens with two attached hydrogens (primary N) is 1. The van der Waals surface area contributed by atoms with Gasteiger partial charge >= 0.3 is 0 Å². The van der Waals surface area contributed by atoms with E-state index in [9.17, 15) is 0 Å². The van der Waals surface area contributed by atoms with Crippen molar-refractivity contribution >= 4 is 21.7 Å². The first-order chi connectivity index (χ1) is 9.88. The van der Waals surface area contributed by atoms with Crippen LogP contribution in [-0.2, 0) is 0 Å². The van der Waals surface area contributed by atoms with Gasteiger partial charge in [-0.15, -0.1) is 0 Å². The van der Waals surface area contributed by atoms with Gasteiger partial charge in [0.05, 0.1) is 0 Å². The quantitative estimate of drug-likeness (QED) is 0.824. The minimum atomic E-state index is -0.259. The van der Waals surface area contributed by atoms with E-state index in [1.807, 2.05) is 24.3 Å². The Hall–Kier alpha value is -1.71. The van der Waals surface area contributed by atoms with Crippen molar-refractivity contribution in [3.8, 4) is 5.75 Å². The van der Waals surface area contributed by atoms with Gasteiger partial charge in [-0.05, 0) is 22.3 Å². The minimum Gasteiger partial charge on any atom is -0.492 e. The molecule has 2 N–H and O–H groups in total. The van der Waals surface area contributed by atoms with Crippen LogP contribution in [0.4, 0.5) is 0 Å². The van der Waals surface area contributed by atoms with E-state index in [1.54, 1.807) is 0 Å². The first-order valence-electron chi connectivity index (χ1n) is 6.81. The summed E-state index contributed by atoms with van der Waals surface area (Å²) in [6.45, 7) is 1.33. The first-order valence-corrected chi connectivity index (χ1v) is 8.36. The van der Waals surface area contributed by atoms with Gasteiger partial charge in [-0.3, -0.25) is 0 Å². The van der Waals surface area contributed by atoms with E-state index in [0.717, 1.165) is 11.1 Å². The van der Waals surface area contributed by atoms with Crippen LogP contribution in [0.5, 0.6) is 5.75 Å². The Morgan fingerprint density at radius 2 is 1.75 bits per heavy atom. The van der Waals surface area contributed by atoms with E-state index in [-0.39, 0.29) is 10.9 Å². The van der Waals surface area contributed by atoms with Crippen LogP contribution >= 0.6 is 10.9 Å². The molecule has 1 aliphatic heterocycles. The maximum Gasteiger partial charge on any atom is 0.127 e. The van der Waals surface area contributed by atoms with Crippen LogP contribution in [0.1, 0.15) is 0 Å². The molecule has 0 bridgehead atoms. The van der Waals surface area contributed by atoms with Crippen molar-refractivity contribution in [2.45, 2.75) is 5.25 Å². The third kappa shape index (κ3) is 2.74. The Morgan fingerprint density at radius 3 is 2.55 bits per heavy atom. The molecule has 1 heterocycles. The average Bonchev–Trinajstić information content (AvgIpc) is 3.02. The van der Waals surface area contributed by atoms with Gasteiger partial charge in [0.2, 0.25) is 0 Å². The van der Waals surface area contributed by atoms with Crippen LogP contribution in [0.15, 0.2) is 65.4 Å². The summed E-state index contributed by atoms with van der Waals surface area (Å²) < 4.78 is 6.05. The molecule has 0 radical (unpaired) electrons. The highest BCUT2D eigenvalue weighted by Crippen LogP contribution is 2.38. The van der Waals surface area contributed by atoms with Crippen LogP contribution in [0.25, 0.3) is 10.8 Å². The van der Waals surface area contributed by atoms with Gasteiger partial charge in [0.25, 0.3) is 0 Å². The third-order valence-electron chi connectivity index (χ3n) is 3.50. The molecular weight excluding hydrogens is 266 g/mol. The molecule has 0 aromatic heterocycles. The highest BCUT2D eigenvalue weighted by atomic mass is 32.2. The van der Waals surface area contributed by atoms with Crippen molar-refractivity contribution in [2.75, 3.05) is 13.2 Å². The fourth-order valence-electron chi connectivity index (χ4n) is 2.37. The molecule has 0 spiro atoms. The molecule has 0 aliphatic carbocycles. The number of hydrogen-bond acceptors (Lipinski definition) is 2. The number of benzene rings is 2. The molecule has 0 fully saturated rings. The Balaban J connectivity index is 1.76. The van der Waals surface area contributed by atoms with E-state index < -0.39 is 0 Å². The molecule has 1 atom stereocenters. The number of hydrogen-bond donors (Lipinski definition) is 2. The summed E-state index contributed by atoms with van der Waals surface area (Å²) in [7, 11) is -0.259. The zero-order valence-corrected chi connectivity index (χ0v) is 12.2. The summed E-state index contributed by atoms with van der Waals surface area (Å²) >= 11 is 0. The molecule has 104 valence electrons. The second-order valence-electron chi connectivity index (χ2n) is 4.81. The lowest BCUT2D eigenvalue weighted by atomic mass is 10.1.